The molecule has 10 aromatic rings. The maximum absolute atomic E-state index is 14.8. The van der Waals surface area contributed by atoms with Crippen molar-refractivity contribution in [3.8, 4) is 0 Å². The summed E-state index contributed by atoms with van der Waals surface area (Å²) < 4.78 is 0. The van der Waals surface area contributed by atoms with Crippen molar-refractivity contribution in [3.63, 3.8) is 0 Å². The van der Waals surface area contributed by atoms with E-state index in [-0.39, 0.29) is 24.1 Å². The lowest BCUT2D eigenvalue weighted by atomic mass is 9.63. The summed E-state index contributed by atoms with van der Waals surface area (Å²) in [5.74, 6) is -0.223. The molecule has 0 atom stereocenters. The van der Waals surface area contributed by atoms with Gasteiger partial charge in [0.25, 0.3) is 0 Å². The average molecular weight is 766 g/mol. The van der Waals surface area contributed by atoms with Crippen LogP contribution in [0.2, 0.25) is 0 Å². The van der Waals surface area contributed by atoms with Crippen molar-refractivity contribution < 1.29 is 9.90 Å². The van der Waals surface area contributed by atoms with Gasteiger partial charge >= 0.3 is 14.0 Å². The summed E-state index contributed by atoms with van der Waals surface area (Å²) in [4.78, 5) is 20.2. The minimum Gasteiger partial charge on any atom is -0.506 e. The molecule has 1 aliphatic carbocycles. The summed E-state index contributed by atoms with van der Waals surface area (Å²) in [6.45, 7) is -0.735. The van der Waals surface area contributed by atoms with Crippen LogP contribution in [0, 0.1) is 0 Å². The predicted octanol–water partition coefficient (Wildman–Crippen LogP) is 8.98. The number of benzene rings is 10. The molecule has 8 heteroatoms. The second-order valence-electron chi connectivity index (χ2n) is 16.0. The molecule has 60 heavy (non-hydrogen) atoms. The highest BCUT2D eigenvalue weighted by atomic mass is 16.3. The largest absolute Gasteiger partial charge is 0.506 e. The van der Waals surface area contributed by atoms with Crippen LogP contribution in [0.5, 0.6) is 0 Å². The molecule has 0 bridgehead atoms. The van der Waals surface area contributed by atoms with E-state index in [0.717, 1.165) is 76.5 Å². The Morgan fingerprint density at radius 1 is 0.467 bits per heavy atom. The molecular weight excluding hydrogens is 734 g/mol. The van der Waals surface area contributed by atoms with Gasteiger partial charge in [-0.15, -0.1) is 0 Å². The highest BCUT2D eigenvalue weighted by molar-refractivity contribution is 6.82. The number of allylic oxidation sites excluding steroid dienone is 2. The van der Waals surface area contributed by atoms with E-state index in [1.807, 2.05) is 30.3 Å². The molecule has 0 spiro atoms. The Morgan fingerprint density at radius 2 is 1.02 bits per heavy atom. The molecule has 278 valence electrons. The van der Waals surface area contributed by atoms with Crippen LogP contribution in [0.1, 0.15) is 5.56 Å². The van der Waals surface area contributed by atoms with Gasteiger partial charge in [-0.25, -0.2) is 0 Å². The normalized spacial score (nSPS) is 15.4. The number of hydrogen-bond donors (Lipinski definition) is 4. The van der Waals surface area contributed by atoms with E-state index in [9.17, 15) is 9.90 Å². The maximum atomic E-state index is 14.8. The number of aliphatic hydroxyl groups excluding tert-OH is 1. The Morgan fingerprint density at radius 3 is 1.70 bits per heavy atom. The van der Waals surface area contributed by atoms with Crippen LogP contribution >= 0.6 is 0 Å². The van der Waals surface area contributed by atoms with Gasteiger partial charge in [-0.1, -0.05) is 158 Å². The summed E-state index contributed by atoms with van der Waals surface area (Å²) in [5.41, 5.74) is 6.13. The first-order valence-electron chi connectivity index (χ1n) is 20.4. The minimum atomic E-state index is -0.427. The van der Waals surface area contributed by atoms with E-state index in [1.54, 1.807) is 0 Å². The Labute approximate surface area is 344 Å². The van der Waals surface area contributed by atoms with Crippen LogP contribution in [0.15, 0.2) is 181 Å². The molecular formula is C52H32B2N4O2. The molecule has 2 aliphatic heterocycles. The van der Waals surface area contributed by atoms with Crippen LogP contribution in [0.4, 0.5) is 17.1 Å². The topological polar surface area (TPSA) is 85.8 Å². The number of carbonyl (C=O) groups is 1. The fraction of sp³-hybridized carbons (Fsp3) is 0. The summed E-state index contributed by atoms with van der Waals surface area (Å²) in [6.07, 6.45) is 0. The monoisotopic (exact) mass is 766 g/mol. The number of aliphatic hydroxyl groups is 1. The highest BCUT2D eigenvalue weighted by Gasteiger charge is 2.39. The van der Waals surface area contributed by atoms with Gasteiger partial charge in [-0.05, 0) is 76.9 Å². The molecule has 0 radical (unpaired) electrons. The second kappa shape index (κ2) is 12.3. The van der Waals surface area contributed by atoms with Crippen LogP contribution < -0.4 is 37.2 Å². The van der Waals surface area contributed by atoms with E-state index >= 15 is 0 Å². The summed E-state index contributed by atoms with van der Waals surface area (Å²) in [5, 5.41) is 38.1. The van der Waals surface area contributed by atoms with Gasteiger partial charge in [-0.3, -0.25) is 4.79 Å². The van der Waals surface area contributed by atoms with Gasteiger partial charge in [-0.2, -0.15) is 0 Å². The highest BCUT2D eigenvalue weighted by Crippen LogP contribution is 2.45. The zero-order chi connectivity index (χ0) is 39.6. The first-order valence-corrected chi connectivity index (χ1v) is 20.4. The Kier molecular flexibility index (Phi) is 6.82. The first-order chi connectivity index (χ1) is 29.6. The lowest BCUT2D eigenvalue weighted by Crippen LogP contribution is -2.48. The SMILES string of the molecule is O=C1C(c2ccc3cccc4c3c2NB(c2cc3ccccc3c3ccccc23)N4)=C(O)/C1=c1\ccc2cccc3c2c1=NB(c1cc2ccccc2c2ccccc12)N3. The molecule has 3 aliphatic rings. The zero-order valence-corrected chi connectivity index (χ0v) is 32.1. The zero-order valence-electron chi connectivity index (χ0n) is 32.1. The number of ketones is 1. The number of fused-ring (bicyclic) bond motifs is 6. The van der Waals surface area contributed by atoms with Gasteiger partial charge in [0.1, 0.15) is 5.76 Å². The number of rotatable bonds is 3. The van der Waals surface area contributed by atoms with E-state index in [2.05, 4.69) is 155 Å². The smallest absolute Gasteiger partial charge is 0.428 e. The molecule has 2 heterocycles. The van der Waals surface area contributed by atoms with Crippen molar-refractivity contribution in [1.29, 1.82) is 0 Å². The van der Waals surface area contributed by atoms with Crippen molar-refractivity contribution >= 4 is 124 Å². The lowest BCUT2D eigenvalue weighted by Gasteiger charge is -2.31. The fourth-order valence-electron chi connectivity index (χ4n) is 10.2. The molecule has 4 N–H and O–H groups in total. The van der Waals surface area contributed by atoms with Gasteiger partial charge in [0.05, 0.1) is 16.5 Å². The number of carbonyl (C=O) groups excluding carboxylic acids is 1. The molecule has 0 aromatic heterocycles. The molecule has 13 rings (SSSR count). The molecule has 0 saturated heterocycles. The van der Waals surface area contributed by atoms with Crippen molar-refractivity contribution in [2.75, 3.05) is 15.7 Å². The van der Waals surface area contributed by atoms with E-state index < -0.39 is 6.98 Å². The summed E-state index contributed by atoms with van der Waals surface area (Å²) in [6, 6.07) is 58.7. The third-order valence-corrected chi connectivity index (χ3v) is 12.9. The molecule has 10 aromatic carbocycles. The quantitative estimate of drug-likeness (QED) is 0.107. The summed E-state index contributed by atoms with van der Waals surface area (Å²) >= 11 is 0. The van der Waals surface area contributed by atoms with Gasteiger partial charge < -0.3 is 25.7 Å². The van der Waals surface area contributed by atoms with Crippen LogP contribution in [0.3, 0.4) is 0 Å². The number of hydrogen-bond acceptors (Lipinski definition) is 6. The van der Waals surface area contributed by atoms with E-state index in [0.29, 0.717) is 21.7 Å². The van der Waals surface area contributed by atoms with Gasteiger partial charge in [0.2, 0.25) is 5.78 Å². The van der Waals surface area contributed by atoms with Crippen molar-refractivity contribution in [1.82, 2.24) is 0 Å². The summed E-state index contributed by atoms with van der Waals surface area (Å²) in [7, 11) is 0. The third kappa shape index (κ3) is 4.61. The standard InChI is InChI=1S/C52H32B2N4O2/c59-51-47(39-25-23-29-13-9-21-43-45(29)49(39)57-53(55-43)41-27-31-11-1-3-15-33(31)35-17-5-7-19-37(35)41)52(60)48(51)40-26-24-30-14-10-22-44-46(30)50(40)58-54(56-44)42-28-32-12-2-4-16-34(32)36-18-6-8-20-38(36)42/h1-28,55-57,59H/b48-40-. The van der Waals surface area contributed by atoms with Crippen molar-refractivity contribution in [2.45, 2.75) is 0 Å². The van der Waals surface area contributed by atoms with Crippen molar-refractivity contribution in [2.24, 2.45) is 4.90 Å². The lowest BCUT2D eigenvalue weighted by molar-refractivity contribution is -0.109. The minimum absolute atomic E-state index is 0.0179. The van der Waals surface area contributed by atoms with E-state index in [4.69, 9.17) is 4.90 Å². The third-order valence-electron chi connectivity index (χ3n) is 12.9. The molecule has 0 amide bonds. The maximum Gasteiger partial charge on any atom is 0.428 e. The Balaban J connectivity index is 1.00. The Bertz CT molecular complexity index is 3770. The molecule has 6 nitrogen and oxygen atoms in total. The average Bonchev–Trinajstić information content (AvgIpc) is 3.30. The van der Waals surface area contributed by atoms with Crippen LogP contribution in [-0.4, -0.2) is 24.9 Å². The van der Waals surface area contributed by atoms with Crippen molar-refractivity contribution in [3.05, 3.63) is 192 Å². The number of nitrogens with zero attached hydrogens (tertiary/aromatic N) is 1. The first kappa shape index (κ1) is 33.2. The van der Waals surface area contributed by atoms with Gasteiger partial charge in [0.15, 0.2) is 0 Å². The number of Topliss-reactive ketones (excluding diaryl/α,β-unsaturated/α-hetero) is 1. The van der Waals surface area contributed by atoms with Crippen LogP contribution in [-0.2, 0) is 4.79 Å². The van der Waals surface area contributed by atoms with Gasteiger partial charge in [0, 0.05) is 38.6 Å². The Hall–Kier alpha value is -7.83. The second-order valence-corrected chi connectivity index (χ2v) is 16.0. The molecule has 0 unspecified atom stereocenters. The van der Waals surface area contributed by atoms with E-state index in [1.165, 1.54) is 16.2 Å². The molecule has 0 saturated carbocycles. The number of nitrogens with one attached hydrogen (secondary N) is 3. The number of anilines is 3. The molecule has 0 fully saturated rings. The predicted molar refractivity (Wildman–Crippen MR) is 251 cm³/mol. The fourth-order valence-corrected chi connectivity index (χ4v) is 10.2. The van der Waals surface area contributed by atoms with Crippen LogP contribution in [0.25, 0.3) is 75.8 Å².